The average Bonchev–Trinajstić information content (AvgIpc) is 1.76. The molecule has 0 rings (SSSR count). The van der Waals surface area contributed by atoms with Gasteiger partial charge in [-0.05, 0) is 0 Å². The molecule has 0 aliphatic heterocycles. The average molecular weight is 361 g/mol. The van der Waals surface area contributed by atoms with E-state index in [1.54, 1.807) is 0 Å². The Labute approximate surface area is 146 Å². The minimum atomic E-state index is -2.17. The molecule has 22 N–H and O–H groups in total. The van der Waals surface area contributed by atoms with Gasteiger partial charge in [0, 0.05) is 0 Å². The molecule has 0 heterocycles. The summed E-state index contributed by atoms with van der Waals surface area (Å²) in [6.45, 7) is 0. The van der Waals surface area contributed by atoms with E-state index in [0.717, 1.165) is 0 Å². The second kappa shape index (κ2) is 57.8. The normalized spacial score (nSPS) is 4.91. The number of rotatable bonds is 0. The quantitative estimate of drug-likeness (QED) is 0.179. The molecule has 22 heavy (non-hydrogen) atoms. The molecule has 0 radical (unpaired) electrons. The summed E-state index contributed by atoms with van der Waals surface area (Å²) in [6, 6.07) is 0. The Balaban J connectivity index is -0.00000001000. The third-order valence-corrected chi connectivity index (χ3v) is 0. The van der Waals surface area contributed by atoms with Crippen LogP contribution < -0.4 is 0 Å². The van der Waals surface area contributed by atoms with Crippen molar-refractivity contribution in [2.75, 3.05) is 0 Å². The van der Waals surface area contributed by atoms with Crippen molar-refractivity contribution in [1.29, 1.82) is 0 Å². The SMILES string of the molecule is O.O.O.O.O.OB(O)O.OB(O)O.OB(O)O.OB(O)O.[NaH]. The van der Waals surface area contributed by atoms with Gasteiger partial charge in [-0.1, -0.05) is 0 Å². The van der Waals surface area contributed by atoms with Crippen molar-refractivity contribution in [3.8, 4) is 0 Å². The summed E-state index contributed by atoms with van der Waals surface area (Å²) in [6.07, 6.45) is 0. The van der Waals surface area contributed by atoms with Crippen molar-refractivity contribution in [2.24, 2.45) is 0 Å². The Hall–Kier alpha value is 0.580. The Morgan fingerprint density at radius 3 is 0.273 bits per heavy atom. The summed E-state index contributed by atoms with van der Waals surface area (Å²) in [7, 11) is -8.67. The molecule has 0 atom stereocenters. The summed E-state index contributed by atoms with van der Waals surface area (Å²) >= 11 is 0. The maximum absolute atomic E-state index is 7.17. The summed E-state index contributed by atoms with van der Waals surface area (Å²) in [5.41, 5.74) is 0. The van der Waals surface area contributed by atoms with Crippen LogP contribution >= 0.6 is 0 Å². The van der Waals surface area contributed by atoms with Crippen molar-refractivity contribution >= 4 is 58.8 Å². The molecule has 0 saturated heterocycles. The molecule has 0 saturated carbocycles. The van der Waals surface area contributed by atoms with Crippen LogP contribution in [0.3, 0.4) is 0 Å². The molecular weight excluding hydrogens is 338 g/mol. The molecule has 0 unspecified atom stereocenters. The molecule has 0 aliphatic carbocycles. The number of hydrogen-bond acceptors (Lipinski definition) is 12. The molecule has 0 aromatic carbocycles. The first-order valence-corrected chi connectivity index (χ1v) is 3.10. The zero-order valence-electron chi connectivity index (χ0n) is 10.2. The van der Waals surface area contributed by atoms with Gasteiger partial charge in [-0.15, -0.1) is 0 Å². The van der Waals surface area contributed by atoms with Gasteiger partial charge in [0.1, 0.15) is 0 Å². The van der Waals surface area contributed by atoms with Gasteiger partial charge in [0.15, 0.2) is 0 Å². The fourth-order valence-electron chi connectivity index (χ4n) is 0. The van der Waals surface area contributed by atoms with E-state index < -0.39 is 29.3 Å². The van der Waals surface area contributed by atoms with Crippen LogP contribution in [0, 0.1) is 0 Å². The van der Waals surface area contributed by atoms with Crippen molar-refractivity contribution in [3.05, 3.63) is 0 Å². The van der Waals surface area contributed by atoms with Crippen LogP contribution in [-0.4, -0.2) is 147 Å². The molecule has 138 valence electrons. The Morgan fingerprint density at radius 1 is 0.273 bits per heavy atom. The van der Waals surface area contributed by atoms with Gasteiger partial charge in [0.2, 0.25) is 0 Å². The molecule has 0 aromatic rings. The van der Waals surface area contributed by atoms with E-state index in [1.165, 1.54) is 0 Å². The van der Waals surface area contributed by atoms with Gasteiger partial charge in [0.05, 0.1) is 0 Å². The van der Waals surface area contributed by atoms with Gasteiger partial charge >= 0.3 is 58.8 Å². The zero-order valence-corrected chi connectivity index (χ0v) is 10.2. The van der Waals surface area contributed by atoms with Crippen molar-refractivity contribution < 1.29 is 87.7 Å². The van der Waals surface area contributed by atoms with Crippen molar-refractivity contribution in [1.82, 2.24) is 0 Å². The Morgan fingerprint density at radius 2 is 0.273 bits per heavy atom. The van der Waals surface area contributed by atoms with Crippen LogP contribution in [0.15, 0.2) is 0 Å². The van der Waals surface area contributed by atoms with E-state index in [-0.39, 0.29) is 56.9 Å². The Bertz CT molecular complexity index is 63.6. The molecule has 0 aliphatic rings. The second-order valence-corrected chi connectivity index (χ2v) is 1.39. The first-order valence-electron chi connectivity index (χ1n) is 3.10. The number of hydrogen-bond donors (Lipinski definition) is 12. The van der Waals surface area contributed by atoms with Crippen LogP contribution in [0.1, 0.15) is 0 Å². The monoisotopic (exact) mass is 362 g/mol. The first-order chi connectivity index (χ1) is 6.93. The van der Waals surface area contributed by atoms with Crippen LogP contribution in [0.25, 0.3) is 0 Å². The van der Waals surface area contributed by atoms with E-state index in [4.69, 9.17) is 60.3 Å². The second-order valence-electron chi connectivity index (χ2n) is 1.39. The van der Waals surface area contributed by atoms with E-state index in [2.05, 4.69) is 0 Å². The van der Waals surface area contributed by atoms with E-state index >= 15 is 0 Å². The van der Waals surface area contributed by atoms with E-state index in [1.807, 2.05) is 0 Å². The summed E-state index contributed by atoms with van der Waals surface area (Å²) < 4.78 is 0. The molecule has 0 bridgehead atoms. The van der Waals surface area contributed by atoms with Gasteiger partial charge in [0.25, 0.3) is 0 Å². The molecule has 17 nitrogen and oxygen atoms in total. The fourth-order valence-corrected chi connectivity index (χ4v) is 0. The van der Waals surface area contributed by atoms with E-state index in [0.29, 0.717) is 0 Å². The maximum atomic E-state index is 7.17. The van der Waals surface area contributed by atoms with Crippen molar-refractivity contribution in [3.63, 3.8) is 0 Å². The van der Waals surface area contributed by atoms with Crippen LogP contribution in [-0.2, 0) is 0 Å². The van der Waals surface area contributed by atoms with Crippen LogP contribution in [0.4, 0.5) is 0 Å². The fraction of sp³-hybridized carbons (Fsp3) is 0. The standard InChI is InChI=1S/4BH3O3.Na.5H2O.H/c4*2-1(3)4;;;;;;;/h4*2-4H;;5*1H2;. The van der Waals surface area contributed by atoms with Crippen LogP contribution in [0.2, 0.25) is 0 Å². The topological polar surface area (TPSA) is 400 Å². The third-order valence-electron chi connectivity index (χ3n) is 0. The molecule has 0 fully saturated rings. The molecule has 0 spiro atoms. The predicted octanol–water partition coefficient (Wildman–Crippen LogP) is -13.0. The van der Waals surface area contributed by atoms with Gasteiger partial charge < -0.3 is 87.7 Å². The minimum absolute atomic E-state index is 0. The third kappa shape index (κ3) is 23500. The molecular formula is H23B4NaO17. The van der Waals surface area contributed by atoms with Gasteiger partial charge in [-0.25, -0.2) is 0 Å². The molecule has 0 amide bonds. The zero-order chi connectivity index (χ0) is 14.3. The summed E-state index contributed by atoms with van der Waals surface area (Å²) in [4.78, 5) is 0. The summed E-state index contributed by atoms with van der Waals surface area (Å²) in [5.74, 6) is 0. The van der Waals surface area contributed by atoms with Gasteiger partial charge in [-0.2, -0.15) is 0 Å². The first kappa shape index (κ1) is 66.4. The van der Waals surface area contributed by atoms with Crippen molar-refractivity contribution in [2.45, 2.75) is 0 Å². The Kier molecular flexibility index (Phi) is 174. The predicted molar refractivity (Wildman–Crippen MR) is 74.9 cm³/mol. The summed E-state index contributed by atoms with van der Waals surface area (Å²) in [5, 5.41) is 86.0. The van der Waals surface area contributed by atoms with E-state index in [9.17, 15) is 0 Å². The van der Waals surface area contributed by atoms with Crippen LogP contribution in [0.5, 0.6) is 0 Å². The molecule has 22 heteroatoms. The molecule has 0 aromatic heterocycles. The van der Waals surface area contributed by atoms with Gasteiger partial charge in [-0.3, -0.25) is 0 Å².